The molecule has 0 aliphatic rings. The van der Waals surface area contributed by atoms with Gasteiger partial charge in [-0.2, -0.15) is 5.26 Å². The van der Waals surface area contributed by atoms with Gasteiger partial charge in [0.2, 0.25) is 0 Å². The molecule has 1 aromatic rings. The van der Waals surface area contributed by atoms with Gasteiger partial charge in [0, 0.05) is 0 Å². The molecule has 4 nitrogen and oxygen atoms in total. The van der Waals surface area contributed by atoms with Gasteiger partial charge < -0.3 is 10.5 Å². The molecule has 2 N–H and O–H groups in total. The smallest absolute Gasteiger partial charge is 0.258 e. The topological polar surface area (TPSA) is 76.1 Å². The number of nitriles is 1. The number of nitrogens with zero attached hydrogens (tertiary/aromatic N) is 1. The number of primary amides is 1. The number of ether oxygens (including phenoxy) is 1. The predicted molar refractivity (Wildman–Crippen MR) is 50.4 cm³/mol. The summed E-state index contributed by atoms with van der Waals surface area (Å²) in [5.74, 6) is -0.181. The van der Waals surface area contributed by atoms with Crippen molar-refractivity contribution >= 4 is 5.91 Å². The fraction of sp³-hybridized carbons (Fsp3) is 0.200. The van der Waals surface area contributed by atoms with Crippen LogP contribution in [0.1, 0.15) is 12.5 Å². The molecule has 4 heteroatoms. The number of benzene rings is 1. The molecule has 0 saturated carbocycles. The number of rotatable bonds is 3. The molecule has 0 unspecified atom stereocenters. The first kappa shape index (κ1) is 10.1. The molecule has 0 saturated heterocycles. The highest BCUT2D eigenvalue weighted by atomic mass is 16.5. The van der Waals surface area contributed by atoms with Crippen LogP contribution in [0.4, 0.5) is 0 Å². The van der Waals surface area contributed by atoms with Gasteiger partial charge in [-0.3, -0.25) is 4.79 Å². The molecule has 1 atom stereocenters. The number of nitrogens with two attached hydrogens (primary N) is 1. The van der Waals surface area contributed by atoms with Crippen molar-refractivity contribution in [2.75, 3.05) is 0 Å². The number of hydrogen-bond acceptors (Lipinski definition) is 3. The maximum atomic E-state index is 10.7. The average molecular weight is 190 g/mol. The molecule has 0 radical (unpaired) electrons. The standard InChI is InChI=1S/C10H10N2O2/c1-7(10(12)13)14-9-5-3-2-4-8(9)6-11/h2-5,7H,1H3,(H2,12,13)/t7-/m0/s1. The van der Waals surface area contributed by atoms with E-state index in [0.29, 0.717) is 11.3 Å². The largest absolute Gasteiger partial charge is 0.480 e. The zero-order valence-electron chi connectivity index (χ0n) is 7.73. The number of hydrogen-bond donors (Lipinski definition) is 1. The second-order valence-electron chi connectivity index (χ2n) is 2.77. The highest BCUT2D eigenvalue weighted by Gasteiger charge is 2.12. The third-order valence-corrected chi connectivity index (χ3v) is 1.71. The van der Waals surface area contributed by atoms with Crippen LogP contribution >= 0.6 is 0 Å². The van der Waals surface area contributed by atoms with Crippen molar-refractivity contribution in [2.45, 2.75) is 13.0 Å². The fourth-order valence-electron chi connectivity index (χ4n) is 0.910. The lowest BCUT2D eigenvalue weighted by molar-refractivity contribution is -0.123. The average Bonchev–Trinajstić information content (AvgIpc) is 2.18. The van der Waals surface area contributed by atoms with E-state index in [0.717, 1.165) is 0 Å². The van der Waals surface area contributed by atoms with Gasteiger partial charge in [0.15, 0.2) is 6.10 Å². The van der Waals surface area contributed by atoms with Crippen molar-refractivity contribution in [1.82, 2.24) is 0 Å². The lowest BCUT2D eigenvalue weighted by atomic mass is 10.2. The Kier molecular flexibility index (Phi) is 3.08. The van der Waals surface area contributed by atoms with E-state index < -0.39 is 12.0 Å². The third-order valence-electron chi connectivity index (χ3n) is 1.71. The Balaban J connectivity index is 2.87. The van der Waals surface area contributed by atoms with E-state index in [1.54, 1.807) is 24.3 Å². The molecule has 0 bridgehead atoms. The molecule has 0 aliphatic heterocycles. The summed E-state index contributed by atoms with van der Waals surface area (Å²) in [4.78, 5) is 10.7. The summed E-state index contributed by atoms with van der Waals surface area (Å²) < 4.78 is 5.20. The second-order valence-corrected chi connectivity index (χ2v) is 2.77. The Morgan fingerprint density at radius 3 is 2.79 bits per heavy atom. The van der Waals surface area contributed by atoms with Gasteiger partial charge in [-0.1, -0.05) is 12.1 Å². The van der Waals surface area contributed by atoms with Crippen molar-refractivity contribution in [3.8, 4) is 11.8 Å². The van der Waals surface area contributed by atoms with Gasteiger partial charge in [-0.05, 0) is 19.1 Å². The minimum absolute atomic E-state index is 0.376. The summed E-state index contributed by atoms with van der Waals surface area (Å²) in [7, 11) is 0. The van der Waals surface area contributed by atoms with Crippen molar-refractivity contribution in [2.24, 2.45) is 5.73 Å². The Morgan fingerprint density at radius 2 is 2.21 bits per heavy atom. The van der Waals surface area contributed by atoms with Crippen LogP contribution in [0.15, 0.2) is 24.3 Å². The molecular formula is C10H10N2O2. The monoisotopic (exact) mass is 190 g/mol. The molecule has 14 heavy (non-hydrogen) atoms. The van der Waals surface area contributed by atoms with Crippen molar-refractivity contribution in [3.05, 3.63) is 29.8 Å². The molecule has 1 aromatic carbocycles. The normalized spacial score (nSPS) is 11.4. The number of para-hydroxylation sites is 1. The number of carbonyl (C=O) groups excluding carboxylic acids is 1. The Labute approximate surface area is 81.9 Å². The first-order chi connectivity index (χ1) is 6.65. The molecule has 72 valence electrons. The van der Waals surface area contributed by atoms with Gasteiger partial charge >= 0.3 is 0 Å². The van der Waals surface area contributed by atoms with E-state index in [1.165, 1.54) is 6.92 Å². The molecule has 0 fully saturated rings. The third kappa shape index (κ3) is 2.23. The van der Waals surface area contributed by atoms with Crippen LogP contribution in [0.3, 0.4) is 0 Å². The van der Waals surface area contributed by atoms with E-state index in [2.05, 4.69) is 0 Å². The molecule has 0 aliphatic carbocycles. The minimum atomic E-state index is -0.732. The SMILES string of the molecule is C[C@H](Oc1ccccc1C#N)C(N)=O. The molecule has 1 amide bonds. The van der Waals surface area contributed by atoms with Crippen molar-refractivity contribution in [1.29, 1.82) is 5.26 Å². The van der Waals surface area contributed by atoms with Crippen molar-refractivity contribution < 1.29 is 9.53 Å². The summed E-state index contributed by atoms with van der Waals surface area (Å²) in [6.45, 7) is 1.54. The first-order valence-electron chi connectivity index (χ1n) is 4.10. The summed E-state index contributed by atoms with van der Waals surface area (Å²) in [5, 5.41) is 8.72. The molecular weight excluding hydrogens is 180 g/mol. The van der Waals surface area contributed by atoms with Gasteiger partial charge in [-0.15, -0.1) is 0 Å². The number of carbonyl (C=O) groups is 1. The van der Waals surface area contributed by atoms with Crippen LogP contribution in [-0.4, -0.2) is 12.0 Å². The maximum Gasteiger partial charge on any atom is 0.258 e. The van der Waals surface area contributed by atoms with E-state index in [1.807, 2.05) is 6.07 Å². The summed E-state index contributed by atoms with van der Waals surface area (Å²) >= 11 is 0. The summed E-state index contributed by atoms with van der Waals surface area (Å²) in [6.07, 6.45) is -0.732. The fourth-order valence-corrected chi connectivity index (χ4v) is 0.910. The molecule has 0 aromatic heterocycles. The number of amides is 1. The minimum Gasteiger partial charge on any atom is -0.480 e. The zero-order valence-corrected chi connectivity index (χ0v) is 7.73. The van der Waals surface area contributed by atoms with E-state index >= 15 is 0 Å². The van der Waals surface area contributed by atoms with Crippen molar-refractivity contribution in [3.63, 3.8) is 0 Å². The van der Waals surface area contributed by atoms with Crippen LogP contribution in [0.5, 0.6) is 5.75 Å². The lowest BCUT2D eigenvalue weighted by Gasteiger charge is -2.11. The second kappa shape index (κ2) is 4.28. The molecule has 1 rings (SSSR count). The van der Waals surface area contributed by atoms with Crippen LogP contribution in [0, 0.1) is 11.3 Å². The highest BCUT2D eigenvalue weighted by Crippen LogP contribution is 2.17. The van der Waals surface area contributed by atoms with E-state index in [9.17, 15) is 4.79 Å². The Hall–Kier alpha value is -2.02. The van der Waals surface area contributed by atoms with Crippen LogP contribution in [0.25, 0.3) is 0 Å². The molecule has 0 spiro atoms. The van der Waals surface area contributed by atoms with Gasteiger partial charge in [0.05, 0.1) is 5.56 Å². The van der Waals surface area contributed by atoms with Gasteiger partial charge in [0.25, 0.3) is 5.91 Å². The van der Waals surface area contributed by atoms with Gasteiger partial charge in [0.1, 0.15) is 11.8 Å². The quantitative estimate of drug-likeness (QED) is 0.766. The van der Waals surface area contributed by atoms with Crippen LogP contribution in [0.2, 0.25) is 0 Å². The van der Waals surface area contributed by atoms with Crippen LogP contribution in [-0.2, 0) is 4.79 Å². The van der Waals surface area contributed by atoms with E-state index in [4.69, 9.17) is 15.7 Å². The molecule has 0 heterocycles. The highest BCUT2D eigenvalue weighted by molar-refractivity contribution is 5.78. The lowest BCUT2D eigenvalue weighted by Crippen LogP contribution is -2.30. The first-order valence-corrected chi connectivity index (χ1v) is 4.10. The Bertz CT molecular complexity index is 382. The zero-order chi connectivity index (χ0) is 10.6. The maximum absolute atomic E-state index is 10.7. The van der Waals surface area contributed by atoms with E-state index in [-0.39, 0.29) is 0 Å². The predicted octanol–water partition coefficient (Wildman–Crippen LogP) is 0.811. The van der Waals surface area contributed by atoms with Crippen LogP contribution < -0.4 is 10.5 Å². The Morgan fingerprint density at radius 1 is 1.57 bits per heavy atom. The summed E-state index contributed by atoms with van der Waals surface area (Å²) in [5.41, 5.74) is 5.42. The summed E-state index contributed by atoms with van der Waals surface area (Å²) in [6, 6.07) is 8.65. The van der Waals surface area contributed by atoms with Gasteiger partial charge in [-0.25, -0.2) is 0 Å².